The summed E-state index contributed by atoms with van der Waals surface area (Å²) in [6.45, 7) is 6.74. The van der Waals surface area contributed by atoms with Crippen molar-refractivity contribution >= 4 is 11.7 Å². The molecule has 0 saturated carbocycles. The molecule has 0 aliphatic carbocycles. The zero-order valence-corrected chi connectivity index (χ0v) is 14.9. The summed E-state index contributed by atoms with van der Waals surface area (Å²) in [6, 6.07) is 4.48. The van der Waals surface area contributed by atoms with E-state index in [0.717, 1.165) is 12.1 Å². The lowest BCUT2D eigenvalue weighted by Crippen LogP contribution is -2.37. The first-order chi connectivity index (χ1) is 12.1. The number of halogens is 3. The quantitative estimate of drug-likeness (QED) is 0.649. The number of carbonyl (C=O) groups excluding carboxylic acids is 2. The summed E-state index contributed by atoms with van der Waals surface area (Å²) in [5.41, 5.74) is 0.0466. The molecule has 2 aromatic rings. The van der Waals surface area contributed by atoms with Crippen molar-refractivity contribution in [2.24, 2.45) is 0 Å². The second-order valence-electron chi connectivity index (χ2n) is 6.12. The number of nitrogens with one attached hydrogen (secondary N) is 1. The fraction of sp³-hybridized carbons (Fsp3) is 0.389. The number of rotatable bonds is 5. The number of alkyl halides is 3. The van der Waals surface area contributed by atoms with Gasteiger partial charge in [-0.25, -0.2) is 4.68 Å². The van der Waals surface area contributed by atoms with E-state index in [4.69, 9.17) is 0 Å². The number of aryl methyl sites for hydroxylation is 1. The van der Waals surface area contributed by atoms with Crippen molar-refractivity contribution in [1.29, 1.82) is 0 Å². The van der Waals surface area contributed by atoms with Crippen LogP contribution in [0.15, 0.2) is 24.3 Å². The SMILES string of the molecule is CCC(C)NC(=O)C(=O)c1c(C)nn(-c2cccc(C(F)(F)F)c2)c1C. The lowest BCUT2D eigenvalue weighted by Gasteiger charge is -2.11. The maximum absolute atomic E-state index is 12.9. The molecule has 2 rings (SSSR count). The van der Waals surface area contributed by atoms with E-state index in [1.807, 2.05) is 6.92 Å². The molecule has 0 spiro atoms. The summed E-state index contributed by atoms with van der Waals surface area (Å²) < 4.78 is 40.0. The number of Topliss-reactive ketones (excluding diaryl/α,β-unsaturated/α-hetero) is 1. The lowest BCUT2D eigenvalue weighted by atomic mass is 10.1. The number of hydrogen-bond acceptors (Lipinski definition) is 3. The predicted octanol–water partition coefficient (Wildman–Crippen LogP) is 3.61. The smallest absolute Gasteiger partial charge is 0.347 e. The molecule has 1 heterocycles. The first-order valence-corrected chi connectivity index (χ1v) is 8.15. The van der Waals surface area contributed by atoms with Gasteiger partial charge in [-0.15, -0.1) is 0 Å². The number of ketones is 1. The van der Waals surface area contributed by atoms with Crippen LogP contribution in [0.2, 0.25) is 0 Å². The van der Waals surface area contributed by atoms with Crippen LogP contribution in [-0.2, 0) is 11.0 Å². The Morgan fingerprint density at radius 2 is 1.92 bits per heavy atom. The summed E-state index contributed by atoms with van der Waals surface area (Å²) in [4.78, 5) is 24.6. The van der Waals surface area contributed by atoms with Crippen LogP contribution < -0.4 is 5.32 Å². The van der Waals surface area contributed by atoms with Gasteiger partial charge in [0.1, 0.15) is 0 Å². The largest absolute Gasteiger partial charge is 0.416 e. The van der Waals surface area contributed by atoms with Gasteiger partial charge in [-0.3, -0.25) is 9.59 Å². The zero-order valence-electron chi connectivity index (χ0n) is 14.9. The number of amides is 1. The fourth-order valence-electron chi connectivity index (χ4n) is 2.54. The average Bonchev–Trinajstić information content (AvgIpc) is 2.87. The molecule has 0 aliphatic heterocycles. The van der Waals surface area contributed by atoms with Crippen LogP contribution in [0, 0.1) is 13.8 Å². The van der Waals surface area contributed by atoms with Gasteiger partial charge in [0, 0.05) is 6.04 Å². The van der Waals surface area contributed by atoms with Gasteiger partial charge in [0.05, 0.1) is 28.2 Å². The fourth-order valence-corrected chi connectivity index (χ4v) is 2.54. The highest BCUT2D eigenvalue weighted by molar-refractivity contribution is 6.43. The van der Waals surface area contributed by atoms with E-state index in [-0.39, 0.29) is 23.0 Å². The van der Waals surface area contributed by atoms with Crippen molar-refractivity contribution in [3.63, 3.8) is 0 Å². The van der Waals surface area contributed by atoms with Crippen molar-refractivity contribution < 1.29 is 22.8 Å². The normalized spacial score (nSPS) is 12.7. The molecule has 1 unspecified atom stereocenters. The van der Waals surface area contributed by atoms with Crippen LogP contribution in [0.3, 0.4) is 0 Å². The highest BCUT2D eigenvalue weighted by atomic mass is 19.4. The standard InChI is InChI=1S/C18H20F3N3O2/c1-5-10(2)22-17(26)16(25)15-11(3)23-24(12(15)4)14-8-6-7-13(9-14)18(19,20)21/h6-10H,5H2,1-4H3,(H,22,26). The number of benzene rings is 1. The number of nitrogens with zero attached hydrogens (tertiary/aromatic N) is 2. The molecule has 0 fully saturated rings. The van der Waals surface area contributed by atoms with Crippen LogP contribution >= 0.6 is 0 Å². The van der Waals surface area contributed by atoms with Gasteiger partial charge < -0.3 is 5.32 Å². The molecule has 0 bridgehead atoms. The summed E-state index contributed by atoms with van der Waals surface area (Å²) in [6.07, 6.45) is -3.82. The van der Waals surface area contributed by atoms with Crippen molar-refractivity contribution in [1.82, 2.24) is 15.1 Å². The van der Waals surface area contributed by atoms with E-state index in [1.165, 1.54) is 16.8 Å². The van der Waals surface area contributed by atoms with Crippen LogP contribution in [0.4, 0.5) is 13.2 Å². The molecule has 0 aliphatic rings. The highest BCUT2D eigenvalue weighted by Crippen LogP contribution is 2.30. The lowest BCUT2D eigenvalue weighted by molar-refractivity contribution is -0.137. The Kier molecular flexibility index (Phi) is 5.53. The molecular weight excluding hydrogens is 347 g/mol. The van der Waals surface area contributed by atoms with Crippen LogP contribution in [-0.4, -0.2) is 27.5 Å². The molecule has 140 valence electrons. The van der Waals surface area contributed by atoms with E-state index in [1.54, 1.807) is 20.8 Å². The van der Waals surface area contributed by atoms with E-state index < -0.39 is 23.4 Å². The van der Waals surface area contributed by atoms with Gasteiger partial charge >= 0.3 is 6.18 Å². The third kappa shape index (κ3) is 3.95. The van der Waals surface area contributed by atoms with Crippen molar-refractivity contribution in [2.75, 3.05) is 0 Å². The third-order valence-electron chi connectivity index (χ3n) is 4.13. The molecule has 1 aromatic carbocycles. The Balaban J connectivity index is 2.42. The van der Waals surface area contributed by atoms with Crippen molar-refractivity contribution in [3.8, 4) is 5.69 Å². The van der Waals surface area contributed by atoms with Gasteiger partial charge in [-0.05, 0) is 45.4 Å². The highest BCUT2D eigenvalue weighted by Gasteiger charge is 2.31. The van der Waals surface area contributed by atoms with E-state index in [0.29, 0.717) is 12.1 Å². The number of hydrogen-bond donors (Lipinski definition) is 1. The summed E-state index contributed by atoms with van der Waals surface area (Å²) >= 11 is 0. The summed E-state index contributed by atoms with van der Waals surface area (Å²) in [5.74, 6) is -1.51. The molecule has 1 atom stereocenters. The first-order valence-electron chi connectivity index (χ1n) is 8.15. The maximum Gasteiger partial charge on any atom is 0.416 e. The molecule has 26 heavy (non-hydrogen) atoms. The molecule has 0 saturated heterocycles. The van der Waals surface area contributed by atoms with Crippen LogP contribution in [0.25, 0.3) is 5.69 Å². The van der Waals surface area contributed by atoms with E-state index in [2.05, 4.69) is 10.4 Å². The Bertz CT molecular complexity index is 841. The minimum absolute atomic E-state index is 0.100. The van der Waals surface area contributed by atoms with Crippen molar-refractivity contribution in [3.05, 3.63) is 46.8 Å². The second kappa shape index (κ2) is 7.31. The van der Waals surface area contributed by atoms with Crippen molar-refractivity contribution in [2.45, 2.75) is 46.3 Å². The Labute approximate surface area is 149 Å². The third-order valence-corrected chi connectivity index (χ3v) is 4.13. The molecule has 5 nitrogen and oxygen atoms in total. The second-order valence-corrected chi connectivity index (χ2v) is 6.12. The Morgan fingerprint density at radius 3 is 2.50 bits per heavy atom. The van der Waals surface area contributed by atoms with Crippen LogP contribution in [0.1, 0.15) is 47.6 Å². The Hall–Kier alpha value is -2.64. The predicted molar refractivity (Wildman–Crippen MR) is 90.3 cm³/mol. The van der Waals surface area contributed by atoms with Gasteiger partial charge in [0.15, 0.2) is 0 Å². The van der Waals surface area contributed by atoms with E-state index >= 15 is 0 Å². The topological polar surface area (TPSA) is 64.0 Å². The average molecular weight is 367 g/mol. The van der Waals surface area contributed by atoms with Crippen LogP contribution in [0.5, 0.6) is 0 Å². The van der Waals surface area contributed by atoms with Gasteiger partial charge in [-0.2, -0.15) is 18.3 Å². The van der Waals surface area contributed by atoms with Gasteiger partial charge in [-0.1, -0.05) is 13.0 Å². The molecule has 1 aromatic heterocycles. The first kappa shape index (κ1) is 19.7. The zero-order chi connectivity index (χ0) is 19.6. The number of carbonyl (C=O) groups is 2. The molecule has 8 heteroatoms. The monoisotopic (exact) mass is 367 g/mol. The minimum atomic E-state index is -4.49. The van der Waals surface area contributed by atoms with Gasteiger partial charge in [0.25, 0.3) is 11.7 Å². The molecule has 1 N–H and O–H groups in total. The minimum Gasteiger partial charge on any atom is -0.347 e. The molecule has 1 amide bonds. The molecular formula is C18H20F3N3O2. The van der Waals surface area contributed by atoms with Gasteiger partial charge in [0.2, 0.25) is 0 Å². The summed E-state index contributed by atoms with van der Waals surface area (Å²) in [5, 5.41) is 6.74. The molecule has 0 radical (unpaired) electrons. The number of aromatic nitrogens is 2. The Morgan fingerprint density at radius 1 is 1.27 bits per heavy atom. The summed E-state index contributed by atoms with van der Waals surface area (Å²) in [7, 11) is 0. The maximum atomic E-state index is 12.9. The van der Waals surface area contributed by atoms with E-state index in [9.17, 15) is 22.8 Å².